The van der Waals surface area contributed by atoms with Gasteiger partial charge in [-0.3, -0.25) is 4.79 Å². The number of nitrogens with one attached hydrogen (secondary N) is 1. The van der Waals surface area contributed by atoms with E-state index in [0.717, 1.165) is 5.56 Å². The van der Waals surface area contributed by atoms with Gasteiger partial charge in [0.05, 0.1) is 14.2 Å². The van der Waals surface area contributed by atoms with Crippen molar-refractivity contribution in [1.82, 2.24) is 0 Å². The lowest BCUT2D eigenvalue weighted by atomic mass is 10.2. The second kappa shape index (κ2) is 7.29. The average Bonchev–Trinajstić information content (AvgIpc) is 3.05. The van der Waals surface area contributed by atoms with E-state index >= 15 is 0 Å². The summed E-state index contributed by atoms with van der Waals surface area (Å²) in [6.07, 6.45) is 1.55. The Balaban J connectivity index is 2.19. The van der Waals surface area contributed by atoms with Crippen LogP contribution in [0.15, 0.2) is 40.6 Å². The number of carbonyl (C=O) groups is 1. The van der Waals surface area contributed by atoms with Gasteiger partial charge in [-0.1, -0.05) is 0 Å². The molecule has 22 heavy (non-hydrogen) atoms. The van der Waals surface area contributed by atoms with Gasteiger partial charge >= 0.3 is 0 Å². The molecule has 0 fully saturated rings. The molecule has 0 aliphatic heterocycles. The molecular weight excluding hydrogens is 300 g/mol. The van der Waals surface area contributed by atoms with Gasteiger partial charge in [-0.2, -0.15) is 16.6 Å². The molecule has 1 heterocycles. The van der Waals surface area contributed by atoms with E-state index in [2.05, 4.69) is 5.32 Å². The summed E-state index contributed by atoms with van der Waals surface area (Å²) >= 11 is 1.50. The van der Waals surface area contributed by atoms with E-state index < -0.39 is 5.91 Å². The van der Waals surface area contributed by atoms with E-state index in [-0.39, 0.29) is 5.57 Å². The van der Waals surface area contributed by atoms with Crippen molar-refractivity contribution in [2.45, 2.75) is 0 Å². The van der Waals surface area contributed by atoms with Crippen molar-refractivity contribution in [3.05, 3.63) is 46.2 Å². The van der Waals surface area contributed by atoms with Gasteiger partial charge in [-0.05, 0) is 40.6 Å². The van der Waals surface area contributed by atoms with Crippen LogP contribution in [0.1, 0.15) is 5.56 Å². The van der Waals surface area contributed by atoms with Crippen LogP contribution in [0.5, 0.6) is 11.5 Å². The van der Waals surface area contributed by atoms with Crippen molar-refractivity contribution < 1.29 is 14.3 Å². The predicted octanol–water partition coefficient (Wildman–Crippen LogP) is 3.31. The Bertz CT molecular complexity index is 730. The van der Waals surface area contributed by atoms with E-state index in [9.17, 15) is 4.79 Å². The Labute approximate surface area is 132 Å². The number of hydrogen-bond donors (Lipinski definition) is 1. The number of ether oxygens (including phenoxy) is 2. The van der Waals surface area contributed by atoms with Gasteiger partial charge in [-0.25, -0.2) is 0 Å². The highest BCUT2D eigenvalue weighted by molar-refractivity contribution is 7.08. The maximum Gasteiger partial charge on any atom is 0.266 e. The molecule has 0 bridgehead atoms. The van der Waals surface area contributed by atoms with Gasteiger partial charge in [0, 0.05) is 11.8 Å². The second-order valence-corrected chi connectivity index (χ2v) is 5.03. The standard InChI is InChI=1S/C16H14N2O3S/c1-20-14-4-3-13(8-15(14)21-2)18-16(19)12(9-17)7-11-5-6-22-10-11/h3-8,10H,1-2H3,(H,18,19)/b12-7+. The molecule has 2 aromatic rings. The van der Waals surface area contributed by atoms with Crippen LogP contribution < -0.4 is 14.8 Å². The molecular formula is C16H14N2O3S. The summed E-state index contributed by atoms with van der Waals surface area (Å²) < 4.78 is 10.3. The topological polar surface area (TPSA) is 71.3 Å². The first-order chi connectivity index (χ1) is 10.7. The lowest BCUT2D eigenvalue weighted by Gasteiger charge is -2.10. The Morgan fingerprint density at radius 3 is 2.64 bits per heavy atom. The maximum atomic E-state index is 12.2. The Hall–Kier alpha value is -2.78. The molecule has 0 unspecified atom stereocenters. The Kier molecular flexibility index (Phi) is 5.17. The van der Waals surface area contributed by atoms with Crippen LogP contribution in [0.25, 0.3) is 6.08 Å². The molecule has 1 N–H and O–H groups in total. The SMILES string of the molecule is COc1ccc(NC(=O)/C(C#N)=C/c2ccsc2)cc1OC. The van der Waals surface area contributed by atoms with Crippen LogP contribution >= 0.6 is 11.3 Å². The van der Waals surface area contributed by atoms with E-state index in [0.29, 0.717) is 17.2 Å². The molecule has 1 aromatic heterocycles. The molecule has 6 heteroatoms. The quantitative estimate of drug-likeness (QED) is 0.679. The molecule has 112 valence electrons. The van der Waals surface area contributed by atoms with Crippen molar-refractivity contribution >= 4 is 29.0 Å². The molecule has 0 aliphatic carbocycles. The van der Waals surface area contributed by atoms with Crippen LogP contribution in [0.2, 0.25) is 0 Å². The fourth-order valence-corrected chi connectivity index (χ4v) is 2.40. The van der Waals surface area contributed by atoms with Crippen molar-refractivity contribution in [3.8, 4) is 17.6 Å². The maximum absolute atomic E-state index is 12.2. The molecule has 0 spiro atoms. The van der Waals surface area contributed by atoms with Gasteiger partial charge in [0.1, 0.15) is 11.6 Å². The highest BCUT2D eigenvalue weighted by Gasteiger charge is 2.11. The van der Waals surface area contributed by atoms with Crippen molar-refractivity contribution in [2.75, 3.05) is 19.5 Å². The van der Waals surface area contributed by atoms with Crippen LogP contribution in [0.4, 0.5) is 5.69 Å². The number of amides is 1. The zero-order valence-electron chi connectivity index (χ0n) is 12.1. The number of nitrogens with zero attached hydrogens (tertiary/aromatic N) is 1. The first-order valence-electron chi connectivity index (χ1n) is 6.35. The summed E-state index contributed by atoms with van der Waals surface area (Å²) in [5.74, 6) is 0.594. The first kappa shape index (κ1) is 15.6. The number of hydrogen-bond acceptors (Lipinski definition) is 5. The first-order valence-corrected chi connectivity index (χ1v) is 7.29. The normalized spacial score (nSPS) is 10.7. The van der Waals surface area contributed by atoms with Gasteiger partial charge < -0.3 is 14.8 Å². The fourth-order valence-electron chi connectivity index (χ4n) is 1.78. The Morgan fingerprint density at radius 1 is 1.27 bits per heavy atom. The summed E-state index contributed by atoms with van der Waals surface area (Å²) in [5.41, 5.74) is 1.38. The number of thiophene rings is 1. The molecule has 0 radical (unpaired) electrons. The molecule has 2 rings (SSSR count). The second-order valence-electron chi connectivity index (χ2n) is 4.25. The number of methoxy groups -OCH3 is 2. The molecule has 0 saturated carbocycles. The molecule has 5 nitrogen and oxygen atoms in total. The summed E-state index contributed by atoms with van der Waals surface area (Å²) in [4.78, 5) is 12.2. The van der Waals surface area contributed by atoms with Gasteiger partial charge in [0.25, 0.3) is 5.91 Å². The van der Waals surface area contributed by atoms with Gasteiger partial charge in [0.15, 0.2) is 11.5 Å². The molecule has 0 aliphatic rings. The molecule has 0 atom stereocenters. The van der Waals surface area contributed by atoms with E-state index in [1.54, 1.807) is 24.3 Å². The third-order valence-corrected chi connectivity index (χ3v) is 3.56. The molecule has 1 amide bonds. The monoisotopic (exact) mass is 314 g/mol. The number of rotatable bonds is 5. The lowest BCUT2D eigenvalue weighted by Crippen LogP contribution is -2.13. The van der Waals surface area contributed by atoms with Gasteiger partial charge in [-0.15, -0.1) is 0 Å². The number of anilines is 1. The van der Waals surface area contributed by atoms with Gasteiger partial charge in [0.2, 0.25) is 0 Å². The molecule has 1 aromatic carbocycles. The van der Waals surface area contributed by atoms with Crippen molar-refractivity contribution in [2.24, 2.45) is 0 Å². The summed E-state index contributed by atoms with van der Waals surface area (Å²) in [7, 11) is 3.05. The number of carbonyl (C=O) groups excluding carboxylic acids is 1. The van der Waals surface area contributed by atoms with Crippen LogP contribution in [-0.2, 0) is 4.79 Å². The lowest BCUT2D eigenvalue weighted by molar-refractivity contribution is -0.112. The van der Waals surface area contributed by atoms with E-state index in [1.807, 2.05) is 22.9 Å². The summed E-state index contributed by atoms with van der Waals surface area (Å²) in [6, 6.07) is 8.75. The number of benzene rings is 1. The largest absolute Gasteiger partial charge is 0.493 e. The highest BCUT2D eigenvalue weighted by atomic mass is 32.1. The zero-order chi connectivity index (χ0) is 15.9. The van der Waals surface area contributed by atoms with E-state index in [4.69, 9.17) is 14.7 Å². The van der Waals surface area contributed by atoms with Crippen molar-refractivity contribution in [1.29, 1.82) is 5.26 Å². The third kappa shape index (κ3) is 3.65. The minimum atomic E-state index is -0.471. The minimum absolute atomic E-state index is 0.0354. The summed E-state index contributed by atoms with van der Waals surface area (Å²) in [6.45, 7) is 0. The molecule has 0 saturated heterocycles. The van der Waals surface area contributed by atoms with E-state index in [1.165, 1.54) is 25.6 Å². The average molecular weight is 314 g/mol. The Morgan fingerprint density at radius 2 is 2.05 bits per heavy atom. The third-order valence-electron chi connectivity index (χ3n) is 2.86. The predicted molar refractivity (Wildman–Crippen MR) is 86.1 cm³/mol. The van der Waals surface area contributed by atoms with Crippen LogP contribution in [0, 0.1) is 11.3 Å². The minimum Gasteiger partial charge on any atom is -0.493 e. The van der Waals surface area contributed by atoms with Crippen molar-refractivity contribution in [3.63, 3.8) is 0 Å². The highest BCUT2D eigenvalue weighted by Crippen LogP contribution is 2.29. The number of nitriles is 1. The fraction of sp³-hybridized carbons (Fsp3) is 0.125. The summed E-state index contributed by atoms with van der Waals surface area (Å²) in [5, 5.41) is 15.5. The smallest absolute Gasteiger partial charge is 0.266 e. The van der Waals surface area contributed by atoms with Crippen LogP contribution in [-0.4, -0.2) is 20.1 Å². The zero-order valence-corrected chi connectivity index (χ0v) is 12.9. The van der Waals surface area contributed by atoms with Crippen LogP contribution in [0.3, 0.4) is 0 Å².